The summed E-state index contributed by atoms with van der Waals surface area (Å²) in [5, 5.41) is 12.2. The molecule has 1 aromatic carbocycles. The van der Waals surface area contributed by atoms with E-state index in [4.69, 9.17) is 5.73 Å². The summed E-state index contributed by atoms with van der Waals surface area (Å²) >= 11 is 0. The van der Waals surface area contributed by atoms with E-state index in [9.17, 15) is 9.90 Å². The van der Waals surface area contributed by atoms with Crippen LogP contribution in [0.3, 0.4) is 0 Å². The summed E-state index contributed by atoms with van der Waals surface area (Å²) in [4.78, 5) is 11.6. The fourth-order valence-electron chi connectivity index (χ4n) is 1.27. The molecule has 0 radical (unpaired) electrons. The highest BCUT2D eigenvalue weighted by atomic mass is 35.5. The molecule has 96 valence electrons. The summed E-state index contributed by atoms with van der Waals surface area (Å²) in [5.41, 5.74) is 7.02. The molecule has 0 aliphatic rings. The van der Waals surface area contributed by atoms with Gasteiger partial charge in [0.2, 0.25) is 5.91 Å². The molecule has 0 heterocycles. The number of phenols is 1. The fraction of sp³-hybridized carbons (Fsp3) is 0.417. The van der Waals surface area contributed by atoms with E-state index >= 15 is 0 Å². The molecule has 0 bridgehead atoms. The highest BCUT2D eigenvalue weighted by molar-refractivity contribution is 5.96. The third kappa shape index (κ3) is 4.24. The zero-order valence-corrected chi connectivity index (χ0v) is 11.0. The Bertz CT molecular complexity index is 394. The number of aryl methyl sites for hydroxylation is 1. The summed E-state index contributed by atoms with van der Waals surface area (Å²) < 4.78 is 0. The van der Waals surface area contributed by atoms with E-state index in [1.165, 1.54) is 0 Å². The van der Waals surface area contributed by atoms with Crippen LogP contribution >= 0.6 is 12.4 Å². The predicted octanol–water partition coefficient (Wildman–Crippen LogP) is 2.04. The van der Waals surface area contributed by atoms with Crippen molar-refractivity contribution in [1.29, 1.82) is 0 Å². The largest absolute Gasteiger partial charge is 0.506 e. The number of carbonyl (C=O) groups excluding carboxylic acids is 1. The lowest BCUT2D eigenvalue weighted by atomic mass is 10.0. The van der Waals surface area contributed by atoms with Crippen LogP contribution in [0.4, 0.5) is 5.69 Å². The lowest BCUT2D eigenvalue weighted by Crippen LogP contribution is -2.39. The van der Waals surface area contributed by atoms with Crippen LogP contribution in [0, 0.1) is 12.8 Å². The molecule has 5 heteroatoms. The summed E-state index contributed by atoms with van der Waals surface area (Å²) in [6, 6.07) is 4.50. The Morgan fingerprint density at radius 2 is 2.00 bits per heavy atom. The molecule has 0 unspecified atom stereocenters. The first-order chi connectivity index (χ1) is 7.41. The fourth-order valence-corrected chi connectivity index (χ4v) is 1.27. The molecule has 1 amide bonds. The van der Waals surface area contributed by atoms with Crippen LogP contribution in [0.15, 0.2) is 18.2 Å². The second kappa shape index (κ2) is 6.47. The summed E-state index contributed by atoms with van der Waals surface area (Å²) in [6.45, 7) is 5.61. The zero-order valence-electron chi connectivity index (χ0n) is 10.2. The Morgan fingerprint density at radius 3 is 2.47 bits per heavy atom. The molecule has 1 atom stereocenters. The quantitative estimate of drug-likeness (QED) is 0.727. The van der Waals surface area contributed by atoms with Gasteiger partial charge in [0.05, 0.1) is 11.7 Å². The number of aromatic hydroxyl groups is 1. The third-order valence-electron chi connectivity index (χ3n) is 2.43. The number of hydrogen-bond donors (Lipinski definition) is 3. The van der Waals surface area contributed by atoms with E-state index in [2.05, 4.69) is 5.32 Å². The van der Waals surface area contributed by atoms with Crippen LogP contribution in [0.2, 0.25) is 0 Å². The molecule has 0 saturated heterocycles. The van der Waals surface area contributed by atoms with Gasteiger partial charge < -0.3 is 16.2 Å². The maximum absolute atomic E-state index is 11.6. The van der Waals surface area contributed by atoms with Crippen LogP contribution in [0.5, 0.6) is 5.75 Å². The Labute approximate surface area is 108 Å². The highest BCUT2D eigenvalue weighted by Crippen LogP contribution is 2.24. The second-order valence-corrected chi connectivity index (χ2v) is 4.28. The average Bonchev–Trinajstić information content (AvgIpc) is 2.20. The van der Waals surface area contributed by atoms with Crippen molar-refractivity contribution >= 4 is 24.0 Å². The number of nitrogens with one attached hydrogen (secondary N) is 1. The number of hydrogen-bond acceptors (Lipinski definition) is 3. The number of carbonyl (C=O) groups is 1. The average molecular weight is 259 g/mol. The highest BCUT2D eigenvalue weighted by Gasteiger charge is 2.18. The zero-order chi connectivity index (χ0) is 12.3. The number of phenolic OH excluding ortho intramolecular Hbond substituents is 1. The SMILES string of the molecule is Cc1ccc(NC(=O)[C@@H](N)C(C)C)c(O)c1.Cl. The minimum atomic E-state index is -0.569. The van der Waals surface area contributed by atoms with Crippen molar-refractivity contribution in [3.05, 3.63) is 23.8 Å². The number of rotatable bonds is 3. The van der Waals surface area contributed by atoms with Crippen molar-refractivity contribution in [1.82, 2.24) is 0 Å². The number of halogens is 1. The van der Waals surface area contributed by atoms with Gasteiger partial charge in [0, 0.05) is 0 Å². The predicted molar refractivity (Wildman–Crippen MR) is 71.5 cm³/mol. The van der Waals surface area contributed by atoms with E-state index in [1.54, 1.807) is 12.1 Å². The maximum Gasteiger partial charge on any atom is 0.241 e. The van der Waals surface area contributed by atoms with Gasteiger partial charge in [-0.2, -0.15) is 0 Å². The molecule has 4 N–H and O–H groups in total. The van der Waals surface area contributed by atoms with Crippen LogP contribution in [0.1, 0.15) is 19.4 Å². The normalized spacial score (nSPS) is 11.8. The molecule has 1 rings (SSSR count). The lowest BCUT2D eigenvalue weighted by molar-refractivity contribution is -0.118. The van der Waals surface area contributed by atoms with Gasteiger partial charge in [0.15, 0.2) is 0 Å². The van der Waals surface area contributed by atoms with Gasteiger partial charge >= 0.3 is 0 Å². The summed E-state index contributed by atoms with van der Waals surface area (Å²) in [7, 11) is 0. The van der Waals surface area contributed by atoms with E-state index in [0.717, 1.165) is 5.56 Å². The summed E-state index contributed by atoms with van der Waals surface area (Å²) in [6.07, 6.45) is 0. The van der Waals surface area contributed by atoms with E-state index in [1.807, 2.05) is 26.8 Å². The molecule has 0 saturated carbocycles. The molecule has 17 heavy (non-hydrogen) atoms. The first-order valence-corrected chi connectivity index (χ1v) is 5.28. The lowest BCUT2D eigenvalue weighted by Gasteiger charge is -2.16. The molecule has 0 aliphatic carbocycles. The Kier molecular flexibility index (Phi) is 5.99. The standard InChI is InChI=1S/C12H18N2O2.ClH/c1-7(2)11(13)12(16)14-9-5-4-8(3)6-10(9)15;/h4-7,11,15H,13H2,1-3H3,(H,14,16);1H/t11-;/m0./s1. The Morgan fingerprint density at radius 1 is 1.41 bits per heavy atom. The molecular formula is C12H19ClN2O2. The van der Waals surface area contributed by atoms with Crippen molar-refractivity contribution in [2.45, 2.75) is 26.8 Å². The number of nitrogens with two attached hydrogens (primary N) is 1. The van der Waals surface area contributed by atoms with Gasteiger partial charge in [-0.25, -0.2) is 0 Å². The van der Waals surface area contributed by atoms with Crippen molar-refractivity contribution in [3.63, 3.8) is 0 Å². The Balaban J connectivity index is 0.00000256. The van der Waals surface area contributed by atoms with E-state index < -0.39 is 6.04 Å². The first kappa shape index (κ1) is 15.7. The van der Waals surface area contributed by atoms with Crippen molar-refractivity contribution in [3.8, 4) is 5.75 Å². The van der Waals surface area contributed by atoms with Gasteiger partial charge in [0.25, 0.3) is 0 Å². The van der Waals surface area contributed by atoms with Gasteiger partial charge in [0.1, 0.15) is 5.75 Å². The van der Waals surface area contributed by atoms with E-state index in [-0.39, 0.29) is 30.0 Å². The Hall–Kier alpha value is -1.26. The number of anilines is 1. The third-order valence-corrected chi connectivity index (χ3v) is 2.43. The molecule has 0 spiro atoms. The van der Waals surface area contributed by atoms with Crippen LogP contribution < -0.4 is 11.1 Å². The minimum Gasteiger partial charge on any atom is -0.506 e. The second-order valence-electron chi connectivity index (χ2n) is 4.28. The minimum absolute atomic E-state index is 0. The maximum atomic E-state index is 11.6. The molecule has 0 aromatic heterocycles. The summed E-state index contributed by atoms with van der Waals surface area (Å²) in [5.74, 6) is -0.161. The van der Waals surface area contributed by atoms with Crippen LogP contribution in [-0.2, 0) is 4.79 Å². The molecular weight excluding hydrogens is 240 g/mol. The van der Waals surface area contributed by atoms with Crippen LogP contribution in [0.25, 0.3) is 0 Å². The number of benzene rings is 1. The molecule has 4 nitrogen and oxygen atoms in total. The number of amides is 1. The van der Waals surface area contributed by atoms with Gasteiger partial charge in [-0.05, 0) is 30.5 Å². The van der Waals surface area contributed by atoms with Crippen molar-refractivity contribution in [2.24, 2.45) is 11.7 Å². The molecule has 1 aromatic rings. The van der Waals surface area contributed by atoms with Crippen molar-refractivity contribution in [2.75, 3.05) is 5.32 Å². The molecule has 0 aliphatic heterocycles. The first-order valence-electron chi connectivity index (χ1n) is 5.28. The van der Waals surface area contributed by atoms with Gasteiger partial charge in [-0.15, -0.1) is 12.4 Å². The smallest absolute Gasteiger partial charge is 0.241 e. The van der Waals surface area contributed by atoms with E-state index in [0.29, 0.717) is 5.69 Å². The van der Waals surface area contributed by atoms with Gasteiger partial charge in [-0.1, -0.05) is 19.9 Å². The van der Waals surface area contributed by atoms with Gasteiger partial charge in [-0.3, -0.25) is 4.79 Å². The van der Waals surface area contributed by atoms with Crippen LogP contribution in [-0.4, -0.2) is 17.1 Å². The molecule has 0 fully saturated rings. The topological polar surface area (TPSA) is 75.4 Å². The van der Waals surface area contributed by atoms with Crippen molar-refractivity contribution < 1.29 is 9.90 Å². The monoisotopic (exact) mass is 258 g/mol.